The molecule has 0 fully saturated rings. The van der Waals surface area contributed by atoms with Crippen molar-refractivity contribution in [2.24, 2.45) is 17.3 Å². The summed E-state index contributed by atoms with van der Waals surface area (Å²) in [7, 11) is 0. The Morgan fingerprint density at radius 1 is 1.24 bits per heavy atom. The van der Waals surface area contributed by atoms with Gasteiger partial charge >= 0.3 is 0 Å². The zero-order valence-electron chi connectivity index (χ0n) is 8.96. The van der Waals surface area contributed by atoms with Gasteiger partial charge in [-0.1, -0.05) is 0 Å². The van der Waals surface area contributed by atoms with E-state index in [9.17, 15) is 9.59 Å². The first-order valence-corrected chi connectivity index (χ1v) is 4.63. The number of carbonyl (C=O) groups is 2. The van der Waals surface area contributed by atoms with Gasteiger partial charge in [0.1, 0.15) is 0 Å². The van der Waals surface area contributed by atoms with Crippen molar-refractivity contribution >= 4 is 23.5 Å². The molecule has 0 unspecified atom stereocenters. The summed E-state index contributed by atoms with van der Waals surface area (Å²) in [6.45, 7) is -0.378. The number of nitrogens with one attached hydrogen (secondary N) is 1. The standard InChI is InChI=1S/C8H13N7O2/c9-5(16)3-15(4-6(10)17)8-2-12-1-7(13-8)14-11/h1-2H,3-4,11H2,(H2,9,16)(H2,10,17)(H,13,14). The van der Waals surface area contributed by atoms with Crippen LogP contribution in [0.1, 0.15) is 0 Å². The van der Waals surface area contributed by atoms with Crippen molar-refractivity contribution in [2.75, 3.05) is 23.4 Å². The van der Waals surface area contributed by atoms with Gasteiger partial charge in [-0.3, -0.25) is 14.6 Å². The first-order valence-electron chi connectivity index (χ1n) is 4.63. The van der Waals surface area contributed by atoms with Crippen LogP contribution in [0.15, 0.2) is 12.4 Å². The van der Waals surface area contributed by atoms with E-state index in [0.717, 1.165) is 0 Å². The van der Waals surface area contributed by atoms with E-state index >= 15 is 0 Å². The van der Waals surface area contributed by atoms with E-state index in [-0.39, 0.29) is 18.9 Å². The van der Waals surface area contributed by atoms with Gasteiger partial charge in [0.05, 0.1) is 25.5 Å². The van der Waals surface area contributed by atoms with Crippen LogP contribution in [0.25, 0.3) is 0 Å². The molecule has 17 heavy (non-hydrogen) atoms. The Balaban J connectivity index is 2.94. The lowest BCUT2D eigenvalue weighted by molar-refractivity contribution is -0.117. The van der Waals surface area contributed by atoms with E-state index in [4.69, 9.17) is 17.3 Å². The monoisotopic (exact) mass is 239 g/mol. The molecule has 0 aliphatic heterocycles. The molecule has 1 rings (SSSR count). The van der Waals surface area contributed by atoms with E-state index in [0.29, 0.717) is 5.82 Å². The predicted molar refractivity (Wildman–Crippen MR) is 60.4 cm³/mol. The average molecular weight is 239 g/mol. The van der Waals surface area contributed by atoms with Gasteiger partial charge in [-0.15, -0.1) is 0 Å². The molecule has 0 aliphatic rings. The van der Waals surface area contributed by atoms with Crippen LogP contribution in [0.3, 0.4) is 0 Å². The molecule has 0 aromatic carbocycles. The fourth-order valence-corrected chi connectivity index (χ4v) is 1.17. The minimum absolute atomic E-state index is 0.189. The van der Waals surface area contributed by atoms with E-state index in [1.807, 2.05) is 0 Å². The number of aromatic nitrogens is 2. The fourth-order valence-electron chi connectivity index (χ4n) is 1.17. The zero-order chi connectivity index (χ0) is 12.8. The lowest BCUT2D eigenvalue weighted by Crippen LogP contribution is -2.40. The van der Waals surface area contributed by atoms with Crippen molar-refractivity contribution in [1.82, 2.24) is 9.97 Å². The van der Waals surface area contributed by atoms with Gasteiger partial charge in [0, 0.05) is 0 Å². The molecule has 0 spiro atoms. The summed E-state index contributed by atoms with van der Waals surface area (Å²) >= 11 is 0. The molecular formula is C8H13N7O2. The van der Waals surface area contributed by atoms with Gasteiger partial charge in [-0.2, -0.15) is 0 Å². The molecule has 1 heterocycles. The summed E-state index contributed by atoms with van der Waals surface area (Å²) in [6, 6.07) is 0. The number of hydrogen-bond donors (Lipinski definition) is 4. The quantitative estimate of drug-likeness (QED) is 0.317. The van der Waals surface area contributed by atoms with Crippen molar-refractivity contribution in [3.8, 4) is 0 Å². The summed E-state index contributed by atoms with van der Waals surface area (Å²) in [5, 5.41) is 0. The van der Waals surface area contributed by atoms with Crippen LogP contribution in [0, 0.1) is 0 Å². The van der Waals surface area contributed by atoms with Crippen molar-refractivity contribution in [1.29, 1.82) is 0 Å². The number of nitrogens with zero attached hydrogens (tertiary/aromatic N) is 3. The molecule has 0 radical (unpaired) electrons. The average Bonchev–Trinajstić information content (AvgIpc) is 2.27. The number of carbonyl (C=O) groups excluding carboxylic acids is 2. The highest BCUT2D eigenvalue weighted by molar-refractivity contribution is 5.84. The normalized spacial score (nSPS) is 9.71. The number of hydrogen-bond acceptors (Lipinski definition) is 7. The molecule has 1 aromatic rings. The van der Waals surface area contributed by atoms with Crippen LogP contribution in [-0.2, 0) is 9.59 Å². The van der Waals surface area contributed by atoms with Gasteiger partial charge in [0.25, 0.3) is 0 Å². The summed E-state index contributed by atoms with van der Waals surface area (Å²) in [5.74, 6) is 4.51. The molecule has 9 nitrogen and oxygen atoms in total. The Bertz CT molecular complexity index is 406. The zero-order valence-corrected chi connectivity index (χ0v) is 8.96. The van der Waals surface area contributed by atoms with Crippen molar-refractivity contribution in [2.45, 2.75) is 0 Å². The highest BCUT2D eigenvalue weighted by Gasteiger charge is 2.14. The number of hydrazine groups is 1. The SMILES string of the molecule is NNc1cncc(N(CC(N)=O)CC(N)=O)n1. The molecule has 92 valence electrons. The van der Waals surface area contributed by atoms with Crippen LogP contribution in [0.4, 0.5) is 11.6 Å². The molecule has 0 bridgehead atoms. The van der Waals surface area contributed by atoms with E-state index in [1.54, 1.807) is 0 Å². The van der Waals surface area contributed by atoms with Gasteiger partial charge in [0.2, 0.25) is 11.8 Å². The third-order valence-electron chi connectivity index (χ3n) is 1.79. The molecule has 0 saturated heterocycles. The Morgan fingerprint density at radius 2 is 1.82 bits per heavy atom. The smallest absolute Gasteiger partial charge is 0.237 e. The van der Waals surface area contributed by atoms with Crippen LogP contribution in [-0.4, -0.2) is 34.9 Å². The Kier molecular flexibility index (Phi) is 4.17. The van der Waals surface area contributed by atoms with Crippen LogP contribution in [0.2, 0.25) is 0 Å². The summed E-state index contributed by atoms with van der Waals surface area (Å²) in [6.07, 6.45) is 2.75. The molecule has 2 amide bonds. The van der Waals surface area contributed by atoms with Crippen molar-refractivity contribution in [3.63, 3.8) is 0 Å². The number of primary amides is 2. The minimum atomic E-state index is -0.612. The van der Waals surface area contributed by atoms with Gasteiger partial charge in [-0.25, -0.2) is 10.8 Å². The second-order valence-corrected chi connectivity index (χ2v) is 3.20. The molecule has 9 heteroatoms. The molecule has 7 N–H and O–H groups in total. The van der Waals surface area contributed by atoms with Crippen LogP contribution in [0.5, 0.6) is 0 Å². The topological polar surface area (TPSA) is 153 Å². The number of anilines is 2. The second kappa shape index (κ2) is 5.61. The largest absolute Gasteiger partial charge is 0.368 e. The summed E-state index contributed by atoms with van der Waals surface area (Å²) in [4.78, 5) is 30.9. The lowest BCUT2D eigenvalue weighted by atomic mass is 10.4. The Morgan fingerprint density at radius 3 is 2.29 bits per heavy atom. The summed E-state index contributed by atoms with van der Waals surface area (Å²) in [5.41, 5.74) is 12.4. The van der Waals surface area contributed by atoms with E-state index in [2.05, 4.69) is 15.4 Å². The maximum atomic E-state index is 10.9. The first-order chi connectivity index (χ1) is 8.02. The minimum Gasteiger partial charge on any atom is -0.368 e. The maximum absolute atomic E-state index is 10.9. The van der Waals surface area contributed by atoms with Gasteiger partial charge < -0.3 is 21.8 Å². The summed E-state index contributed by atoms with van der Waals surface area (Å²) < 4.78 is 0. The van der Waals surface area contributed by atoms with Crippen molar-refractivity contribution < 1.29 is 9.59 Å². The van der Waals surface area contributed by atoms with Gasteiger partial charge in [-0.05, 0) is 0 Å². The highest BCUT2D eigenvalue weighted by atomic mass is 16.2. The number of nitrogen functional groups attached to an aromatic ring is 1. The maximum Gasteiger partial charge on any atom is 0.237 e. The first kappa shape index (κ1) is 12.6. The molecular weight excluding hydrogens is 226 g/mol. The highest BCUT2D eigenvalue weighted by Crippen LogP contribution is 2.10. The molecule has 0 saturated carbocycles. The number of nitrogens with two attached hydrogens (primary N) is 3. The van der Waals surface area contributed by atoms with E-state index in [1.165, 1.54) is 17.3 Å². The third kappa shape index (κ3) is 3.91. The Labute approximate surface area is 97.0 Å². The lowest BCUT2D eigenvalue weighted by Gasteiger charge is -2.20. The number of amides is 2. The second-order valence-electron chi connectivity index (χ2n) is 3.20. The Hall–Kier alpha value is -2.42. The fraction of sp³-hybridized carbons (Fsp3) is 0.250. The number of rotatable bonds is 6. The van der Waals surface area contributed by atoms with E-state index < -0.39 is 11.8 Å². The third-order valence-corrected chi connectivity index (χ3v) is 1.79. The van der Waals surface area contributed by atoms with Crippen LogP contribution >= 0.6 is 0 Å². The molecule has 1 aromatic heterocycles. The molecule has 0 atom stereocenters. The molecule has 0 aliphatic carbocycles. The van der Waals surface area contributed by atoms with Gasteiger partial charge in [0.15, 0.2) is 11.6 Å². The van der Waals surface area contributed by atoms with Crippen molar-refractivity contribution in [3.05, 3.63) is 12.4 Å². The predicted octanol–water partition coefficient (Wildman–Crippen LogP) is -2.46. The van der Waals surface area contributed by atoms with Crippen LogP contribution < -0.4 is 27.6 Å².